The van der Waals surface area contributed by atoms with E-state index in [1.807, 2.05) is 36.4 Å². The minimum absolute atomic E-state index is 0.00555. The van der Waals surface area contributed by atoms with Crippen LogP contribution < -0.4 is 10.6 Å². The second-order valence-electron chi connectivity index (χ2n) is 8.81. The van der Waals surface area contributed by atoms with Crippen molar-refractivity contribution in [3.05, 3.63) is 71.4 Å². The van der Waals surface area contributed by atoms with Crippen LogP contribution in [0.25, 0.3) is 0 Å². The highest BCUT2D eigenvalue weighted by atomic mass is 19.4. The highest BCUT2D eigenvalue weighted by Gasteiger charge is 2.35. The molecule has 164 valence electrons. The quantitative estimate of drug-likeness (QED) is 0.444. The first-order chi connectivity index (χ1) is 14.4. The molecule has 0 amide bonds. The van der Waals surface area contributed by atoms with Crippen LogP contribution in [0.4, 0.5) is 36.3 Å². The highest BCUT2D eigenvalue weighted by Crippen LogP contribution is 2.35. The minimum Gasteiger partial charge on any atom is -0.340 e. The Morgan fingerprint density at radius 2 is 1.35 bits per heavy atom. The van der Waals surface area contributed by atoms with Crippen LogP contribution in [0.2, 0.25) is 0 Å². The number of nitrogens with zero attached hydrogens (tertiary/aromatic N) is 2. The van der Waals surface area contributed by atoms with Crippen molar-refractivity contribution in [3.8, 4) is 0 Å². The van der Waals surface area contributed by atoms with Gasteiger partial charge in [-0.3, -0.25) is 0 Å². The minimum atomic E-state index is -4.58. The van der Waals surface area contributed by atoms with Gasteiger partial charge in [0.1, 0.15) is 11.4 Å². The predicted molar refractivity (Wildman–Crippen MR) is 119 cm³/mol. The fraction of sp³-hybridized carbons (Fsp3) is 0.333. The van der Waals surface area contributed by atoms with Crippen molar-refractivity contribution in [3.63, 3.8) is 0 Å². The van der Waals surface area contributed by atoms with E-state index in [9.17, 15) is 13.2 Å². The number of hydrogen-bond acceptors (Lipinski definition) is 4. The Bertz CT molecular complexity index is 1020. The molecular formula is C24H27F3N4. The number of benzene rings is 2. The summed E-state index contributed by atoms with van der Waals surface area (Å²) in [6, 6.07) is 14.9. The summed E-state index contributed by atoms with van der Waals surface area (Å²) in [4.78, 5) is 7.97. The van der Waals surface area contributed by atoms with Crippen LogP contribution in [0.5, 0.6) is 0 Å². The number of nitrogens with one attached hydrogen (secondary N) is 2. The maximum atomic E-state index is 13.5. The Balaban J connectivity index is 1.88. The summed E-state index contributed by atoms with van der Waals surface area (Å²) in [6.07, 6.45) is -3.78. The first kappa shape index (κ1) is 22.6. The molecule has 2 aromatic carbocycles. The van der Waals surface area contributed by atoms with Crippen LogP contribution in [-0.2, 0) is 11.6 Å². The van der Waals surface area contributed by atoms with Crippen LogP contribution >= 0.6 is 0 Å². The maximum absolute atomic E-state index is 13.5. The van der Waals surface area contributed by atoms with Gasteiger partial charge in [0, 0.05) is 17.6 Å². The van der Waals surface area contributed by atoms with E-state index >= 15 is 0 Å². The summed E-state index contributed by atoms with van der Waals surface area (Å²) >= 11 is 0. The van der Waals surface area contributed by atoms with E-state index in [0.717, 1.165) is 17.3 Å². The van der Waals surface area contributed by atoms with E-state index in [2.05, 4.69) is 55.2 Å². The second kappa shape index (κ2) is 8.57. The highest BCUT2D eigenvalue weighted by molar-refractivity contribution is 5.63. The Morgan fingerprint density at radius 1 is 0.806 bits per heavy atom. The van der Waals surface area contributed by atoms with Gasteiger partial charge in [0.05, 0.1) is 0 Å². The van der Waals surface area contributed by atoms with Crippen molar-refractivity contribution in [2.75, 3.05) is 10.6 Å². The van der Waals surface area contributed by atoms with Crippen molar-refractivity contribution in [2.24, 2.45) is 0 Å². The van der Waals surface area contributed by atoms with Gasteiger partial charge >= 0.3 is 6.18 Å². The van der Waals surface area contributed by atoms with Crippen LogP contribution in [0.15, 0.2) is 54.7 Å². The van der Waals surface area contributed by atoms with E-state index in [-0.39, 0.29) is 17.2 Å². The lowest BCUT2D eigenvalue weighted by Crippen LogP contribution is -2.13. The molecule has 1 heterocycles. The van der Waals surface area contributed by atoms with Gasteiger partial charge in [-0.25, -0.2) is 4.98 Å². The number of anilines is 4. The number of alkyl halides is 3. The average Bonchev–Trinajstić information content (AvgIpc) is 2.67. The van der Waals surface area contributed by atoms with Crippen molar-refractivity contribution in [2.45, 2.75) is 52.1 Å². The zero-order chi connectivity index (χ0) is 22.8. The zero-order valence-electron chi connectivity index (χ0n) is 18.3. The second-order valence-corrected chi connectivity index (χ2v) is 8.81. The average molecular weight is 429 g/mol. The fourth-order valence-electron chi connectivity index (χ4n) is 3.02. The molecule has 0 unspecified atom stereocenters. The zero-order valence-corrected chi connectivity index (χ0v) is 18.3. The molecule has 0 atom stereocenters. The number of halogens is 3. The molecule has 31 heavy (non-hydrogen) atoms. The molecule has 0 spiro atoms. The van der Waals surface area contributed by atoms with Gasteiger partial charge in [-0.2, -0.15) is 18.2 Å². The normalized spacial score (nSPS) is 12.2. The van der Waals surface area contributed by atoms with E-state index in [4.69, 9.17) is 0 Å². The van der Waals surface area contributed by atoms with Crippen LogP contribution in [0.3, 0.4) is 0 Å². The third-order valence-corrected chi connectivity index (χ3v) is 4.94. The van der Waals surface area contributed by atoms with Gasteiger partial charge in [0.15, 0.2) is 0 Å². The van der Waals surface area contributed by atoms with Crippen molar-refractivity contribution in [1.82, 2.24) is 9.97 Å². The summed E-state index contributed by atoms with van der Waals surface area (Å²) in [6.45, 7) is 10.4. The summed E-state index contributed by atoms with van der Waals surface area (Å²) < 4.78 is 40.5. The molecular weight excluding hydrogens is 401 g/mol. The first-order valence-corrected chi connectivity index (χ1v) is 10.1. The smallest absolute Gasteiger partial charge is 0.340 e. The van der Waals surface area contributed by atoms with Crippen molar-refractivity contribution in [1.29, 1.82) is 0 Å². The van der Waals surface area contributed by atoms with E-state index in [0.29, 0.717) is 17.3 Å². The van der Waals surface area contributed by atoms with E-state index in [1.54, 1.807) is 12.1 Å². The van der Waals surface area contributed by atoms with Gasteiger partial charge in [-0.1, -0.05) is 58.9 Å². The lowest BCUT2D eigenvalue weighted by molar-refractivity contribution is -0.137. The molecule has 4 nitrogen and oxygen atoms in total. The van der Waals surface area contributed by atoms with Gasteiger partial charge in [0.25, 0.3) is 0 Å². The molecule has 0 radical (unpaired) electrons. The maximum Gasteiger partial charge on any atom is 0.421 e. The first-order valence-electron chi connectivity index (χ1n) is 10.1. The summed E-state index contributed by atoms with van der Waals surface area (Å²) in [5.74, 6) is 0.116. The summed E-state index contributed by atoms with van der Waals surface area (Å²) in [5, 5.41) is 5.77. The summed E-state index contributed by atoms with van der Waals surface area (Å²) in [5.41, 5.74) is 2.55. The lowest BCUT2D eigenvalue weighted by Gasteiger charge is -2.19. The standard InChI is InChI=1S/C24H27F3N4/c1-15(2)16-6-10-18(11-7-16)29-21-20(24(25,26)27)14-28-22(31-21)30-19-12-8-17(9-13-19)23(3,4)5/h6-15H,1-5H3,(H2,28,29,30,31). The number of hydrogen-bond donors (Lipinski definition) is 2. The van der Waals surface area contributed by atoms with Gasteiger partial charge in [-0.05, 0) is 46.7 Å². The third kappa shape index (κ3) is 5.75. The molecule has 0 fully saturated rings. The monoisotopic (exact) mass is 428 g/mol. The van der Waals surface area contributed by atoms with Crippen LogP contribution in [0.1, 0.15) is 57.2 Å². The number of aromatic nitrogens is 2. The Kier molecular flexibility index (Phi) is 6.25. The third-order valence-electron chi connectivity index (χ3n) is 4.94. The molecule has 3 aromatic rings. The van der Waals surface area contributed by atoms with Crippen LogP contribution in [0, 0.1) is 0 Å². The van der Waals surface area contributed by atoms with Gasteiger partial charge < -0.3 is 10.6 Å². The van der Waals surface area contributed by atoms with Gasteiger partial charge in [0.2, 0.25) is 5.95 Å². The fourth-order valence-corrected chi connectivity index (χ4v) is 3.02. The van der Waals surface area contributed by atoms with Gasteiger partial charge in [-0.15, -0.1) is 0 Å². The van der Waals surface area contributed by atoms with Crippen molar-refractivity contribution < 1.29 is 13.2 Å². The molecule has 3 rings (SSSR count). The Labute approximate surface area is 181 Å². The number of rotatable bonds is 5. The Morgan fingerprint density at radius 3 is 1.87 bits per heavy atom. The molecule has 0 saturated heterocycles. The van der Waals surface area contributed by atoms with Crippen LogP contribution in [-0.4, -0.2) is 9.97 Å². The molecule has 1 aromatic heterocycles. The molecule has 2 N–H and O–H groups in total. The largest absolute Gasteiger partial charge is 0.421 e. The molecule has 0 aliphatic carbocycles. The molecule has 0 saturated carbocycles. The van der Waals surface area contributed by atoms with E-state index < -0.39 is 11.7 Å². The molecule has 0 aliphatic heterocycles. The molecule has 7 heteroatoms. The van der Waals surface area contributed by atoms with Crippen molar-refractivity contribution >= 4 is 23.1 Å². The predicted octanol–water partition coefficient (Wildman–Crippen LogP) is 7.40. The topological polar surface area (TPSA) is 49.8 Å². The SMILES string of the molecule is CC(C)c1ccc(Nc2nc(Nc3ccc(C(C)(C)C)cc3)ncc2C(F)(F)F)cc1. The van der Waals surface area contributed by atoms with E-state index in [1.165, 1.54) is 0 Å². The molecule has 0 aliphatic rings. The Hall–Kier alpha value is -3.09. The molecule has 0 bridgehead atoms. The summed E-state index contributed by atoms with van der Waals surface area (Å²) in [7, 11) is 0. The lowest BCUT2D eigenvalue weighted by atomic mass is 9.87.